The number of nitrogens with one attached hydrogen (secondary N) is 1. The standard InChI is InChI=1S/C14H22N2O4/c1-17-11-5-4-10(13(18-2)14(11)19-3)12(16-15)9-6-7-20-8-9/h4-5,9,12,16H,6-8,15H2,1-3H3. The molecule has 1 aliphatic heterocycles. The van der Waals surface area contributed by atoms with Crippen LogP contribution in [0.3, 0.4) is 0 Å². The lowest BCUT2D eigenvalue weighted by Gasteiger charge is -2.25. The van der Waals surface area contributed by atoms with Crippen molar-refractivity contribution in [3.63, 3.8) is 0 Å². The minimum atomic E-state index is -0.0488. The minimum Gasteiger partial charge on any atom is -0.493 e. The van der Waals surface area contributed by atoms with Crippen molar-refractivity contribution in [2.75, 3.05) is 34.5 Å². The van der Waals surface area contributed by atoms with E-state index in [0.717, 1.165) is 18.6 Å². The van der Waals surface area contributed by atoms with E-state index in [2.05, 4.69) is 5.43 Å². The van der Waals surface area contributed by atoms with Crippen molar-refractivity contribution < 1.29 is 18.9 Å². The van der Waals surface area contributed by atoms with Crippen LogP contribution in [0.4, 0.5) is 0 Å². The maximum atomic E-state index is 5.74. The Morgan fingerprint density at radius 1 is 1.20 bits per heavy atom. The number of hydrogen-bond donors (Lipinski definition) is 2. The fourth-order valence-electron chi connectivity index (χ4n) is 2.66. The molecule has 6 nitrogen and oxygen atoms in total. The molecular formula is C14H22N2O4. The molecule has 0 amide bonds. The molecule has 1 fully saturated rings. The topological polar surface area (TPSA) is 75.0 Å². The van der Waals surface area contributed by atoms with Crippen LogP contribution in [-0.4, -0.2) is 34.5 Å². The first kappa shape index (κ1) is 14.9. The number of nitrogens with two attached hydrogens (primary N) is 1. The fraction of sp³-hybridized carbons (Fsp3) is 0.571. The highest BCUT2D eigenvalue weighted by Crippen LogP contribution is 2.44. The predicted octanol–water partition coefficient (Wildman–Crippen LogP) is 1.25. The van der Waals surface area contributed by atoms with E-state index in [-0.39, 0.29) is 6.04 Å². The smallest absolute Gasteiger partial charge is 0.203 e. The second kappa shape index (κ2) is 6.78. The Bertz CT molecular complexity index is 447. The molecule has 0 spiro atoms. The summed E-state index contributed by atoms with van der Waals surface area (Å²) in [6.45, 7) is 1.45. The highest BCUT2D eigenvalue weighted by molar-refractivity contribution is 5.56. The van der Waals surface area contributed by atoms with Crippen molar-refractivity contribution in [1.82, 2.24) is 5.43 Å². The zero-order chi connectivity index (χ0) is 14.5. The van der Waals surface area contributed by atoms with Crippen LogP contribution in [0.15, 0.2) is 12.1 Å². The van der Waals surface area contributed by atoms with Crippen LogP contribution in [0.1, 0.15) is 18.0 Å². The Morgan fingerprint density at radius 3 is 2.45 bits per heavy atom. The number of benzene rings is 1. The Kier molecular flexibility index (Phi) is 5.05. The monoisotopic (exact) mass is 282 g/mol. The van der Waals surface area contributed by atoms with Crippen molar-refractivity contribution in [2.24, 2.45) is 11.8 Å². The number of hydrazine groups is 1. The van der Waals surface area contributed by atoms with Gasteiger partial charge in [-0.05, 0) is 18.6 Å². The molecule has 1 saturated heterocycles. The average molecular weight is 282 g/mol. The molecule has 1 aliphatic rings. The molecule has 0 saturated carbocycles. The molecule has 20 heavy (non-hydrogen) atoms. The first-order valence-electron chi connectivity index (χ1n) is 6.59. The highest BCUT2D eigenvalue weighted by atomic mass is 16.5. The van der Waals surface area contributed by atoms with Gasteiger partial charge in [0.05, 0.1) is 34.0 Å². The third-order valence-corrected chi connectivity index (χ3v) is 3.69. The van der Waals surface area contributed by atoms with E-state index in [1.165, 1.54) is 0 Å². The molecule has 0 aliphatic carbocycles. The van der Waals surface area contributed by atoms with Gasteiger partial charge in [-0.2, -0.15) is 0 Å². The molecule has 1 aromatic carbocycles. The number of rotatable bonds is 6. The van der Waals surface area contributed by atoms with E-state index in [4.69, 9.17) is 24.8 Å². The second-order valence-corrected chi connectivity index (χ2v) is 4.69. The Hall–Kier alpha value is -1.50. The van der Waals surface area contributed by atoms with Crippen molar-refractivity contribution in [3.8, 4) is 17.2 Å². The SMILES string of the molecule is COc1ccc(C(NN)C2CCOC2)c(OC)c1OC. The Morgan fingerprint density at radius 2 is 1.95 bits per heavy atom. The van der Waals surface area contributed by atoms with Crippen LogP contribution in [-0.2, 0) is 4.74 Å². The second-order valence-electron chi connectivity index (χ2n) is 4.69. The summed E-state index contributed by atoms with van der Waals surface area (Å²) in [7, 11) is 4.80. The summed E-state index contributed by atoms with van der Waals surface area (Å²) >= 11 is 0. The molecule has 2 rings (SSSR count). The minimum absolute atomic E-state index is 0.0488. The lowest BCUT2D eigenvalue weighted by molar-refractivity contribution is 0.176. The predicted molar refractivity (Wildman–Crippen MR) is 75.1 cm³/mol. The molecule has 6 heteroatoms. The molecule has 2 atom stereocenters. The molecule has 2 unspecified atom stereocenters. The Balaban J connectivity index is 2.43. The van der Waals surface area contributed by atoms with Crippen LogP contribution < -0.4 is 25.5 Å². The van der Waals surface area contributed by atoms with E-state index in [1.807, 2.05) is 12.1 Å². The zero-order valence-corrected chi connectivity index (χ0v) is 12.1. The van der Waals surface area contributed by atoms with Gasteiger partial charge in [0.2, 0.25) is 5.75 Å². The highest BCUT2D eigenvalue weighted by Gasteiger charge is 2.30. The summed E-state index contributed by atoms with van der Waals surface area (Å²) in [6.07, 6.45) is 0.965. The largest absolute Gasteiger partial charge is 0.493 e. The molecule has 1 heterocycles. The average Bonchev–Trinajstić information content (AvgIpc) is 3.01. The molecule has 112 valence electrons. The Labute approximate surface area is 119 Å². The van der Waals surface area contributed by atoms with Crippen LogP contribution in [0.5, 0.6) is 17.2 Å². The third kappa shape index (κ3) is 2.67. The van der Waals surface area contributed by atoms with E-state index in [1.54, 1.807) is 21.3 Å². The summed E-state index contributed by atoms with van der Waals surface area (Å²) in [4.78, 5) is 0. The van der Waals surface area contributed by atoms with Crippen molar-refractivity contribution >= 4 is 0 Å². The zero-order valence-electron chi connectivity index (χ0n) is 12.1. The van der Waals surface area contributed by atoms with Gasteiger partial charge in [-0.1, -0.05) is 0 Å². The normalized spacial score (nSPS) is 19.7. The van der Waals surface area contributed by atoms with Gasteiger partial charge in [-0.25, -0.2) is 0 Å². The van der Waals surface area contributed by atoms with Gasteiger partial charge in [0.15, 0.2) is 11.5 Å². The van der Waals surface area contributed by atoms with Crippen LogP contribution in [0, 0.1) is 5.92 Å². The maximum absolute atomic E-state index is 5.74. The van der Waals surface area contributed by atoms with Gasteiger partial charge >= 0.3 is 0 Å². The fourth-order valence-corrected chi connectivity index (χ4v) is 2.66. The lowest BCUT2D eigenvalue weighted by atomic mass is 9.92. The van der Waals surface area contributed by atoms with Gasteiger partial charge in [-0.15, -0.1) is 0 Å². The van der Waals surface area contributed by atoms with Gasteiger partial charge < -0.3 is 18.9 Å². The van der Waals surface area contributed by atoms with Crippen LogP contribution in [0.25, 0.3) is 0 Å². The van der Waals surface area contributed by atoms with Crippen LogP contribution >= 0.6 is 0 Å². The van der Waals surface area contributed by atoms with Gasteiger partial charge in [0.25, 0.3) is 0 Å². The molecular weight excluding hydrogens is 260 g/mol. The van der Waals surface area contributed by atoms with Crippen LogP contribution in [0.2, 0.25) is 0 Å². The molecule has 0 radical (unpaired) electrons. The summed E-state index contributed by atoms with van der Waals surface area (Å²) in [5.41, 5.74) is 3.81. The first-order chi connectivity index (χ1) is 9.76. The maximum Gasteiger partial charge on any atom is 0.203 e. The molecule has 0 aromatic heterocycles. The summed E-state index contributed by atoms with van der Waals surface area (Å²) in [5.74, 6) is 7.90. The van der Waals surface area contributed by atoms with E-state index in [9.17, 15) is 0 Å². The van der Waals surface area contributed by atoms with Crippen molar-refractivity contribution in [1.29, 1.82) is 0 Å². The quantitative estimate of drug-likeness (QED) is 0.604. The van der Waals surface area contributed by atoms with E-state index in [0.29, 0.717) is 29.8 Å². The summed E-state index contributed by atoms with van der Waals surface area (Å²) in [6, 6.07) is 3.76. The van der Waals surface area contributed by atoms with Crippen molar-refractivity contribution in [3.05, 3.63) is 17.7 Å². The van der Waals surface area contributed by atoms with E-state index < -0.39 is 0 Å². The van der Waals surface area contributed by atoms with E-state index >= 15 is 0 Å². The first-order valence-corrected chi connectivity index (χ1v) is 6.59. The number of hydrogen-bond acceptors (Lipinski definition) is 6. The van der Waals surface area contributed by atoms with Crippen molar-refractivity contribution in [2.45, 2.75) is 12.5 Å². The molecule has 3 N–H and O–H groups in total. The van der Waals surface area contributed by atoms with Gasteiger partial charge in [-0.3, -0.25) is 11.3 Å². The summed E-state index contributed by atoms with van der Waals surface area (Å²) < 4.78 is 21.7. The molecule has 1 aromatic rings. The number of methoxy groups -OCH3 is 3. The third-order valence-electron chi connectivity index (χ3n) is 3.69. The lowest BCUT2D eigenvalue weighted by Crippen LogP contribution is -2.34. The number of ether oxygens (including phenoxy) is 4. The summed E-state index contributed by atoms with van der Waals surface area (Å²) in [5, 5.41) is 0. The van der Waals surface area contributed by atoms with Gasteiger partial charge in [0, 0.05) is 18.1 Å². The van der Waals surface area contributed by atoms with Gasteiger partial charge in [0.1, 0.15) is 0 Å². The molecule has 0 bridgehead atoms.